The number of carbonyl (C=O) groups is 1. The van der Waals surface area contributed by atoms with Gasteiger partial charge in [0.2, 0.25) is 11.7 Å². The molecule has 0 aliphatic carbocycles. The second-order valence-electron chi connectivity index (χ2n) is 2.93. The van der Waals surface area contributed by atoms with E-state index in [0.717, 1.165) is 4.88 Å². The van der Waals surface area contributed by atoms with Gasteiger partial charge >= 0.3 is 5.97 Å². The van der Waals surface area contributed by atoms with E-state index < -0.39 is 5.97 Å². The highest BCUT2D eigenvalue weighted by molar-refractivity contribution is 7.13. The third kappa shape index (κ3) is 1.78. The van der Waals surface area contributed by atoms with Crippen molar-refractivity contribution in [1.82, 2.24) is 4.98 Å². The number of nitrogens with zero attached hydrogens (tertiary/aromatic N) is 1. The van der Waals surface area contributed by atoms with Gasteiger partial charge in [0.15, 0.2) is 0 Å². The summed E-state index contributed by atoms with van der Waals surface area (Å²) in [4.78, 5) is 15.8. The van der Waals surface area contributed by atoms with Crippen molar-refractivity contribution >= 4 is 17.3 Å². The summed E-state index contributed by atoms with van der Waals surface area (Å²) in [7, 11) is 0. The Kier molecular flexibility index (Phi) is 2.55. The molecule has 0 fully saturated rings. The maximum absolute atomic E-state index is 10.8. The van der Waals surface area contributed by atoms with Crippen molar-refractivity contribution in [3.63, 3.8) is 0 Å². The smallest absolute Gasteiger partial charge is 0.373 e. The molecule has 2 heterocycles. The zero-order valence-electron chi connectivity index (χ0n) is 8.06. The lowest BCUT2D eigenvalue weighted by Gasteiger charge is -1.88. The first-order chi connectivity index (χ1) is 7.22. The van der Waals surface area contributed by atoms with E-state index in [-0.39, 0.29) is 5.76 Å². The average Bonchev–Trinajstić information content (AvgIpc) is 2.86. The molecule has 2 aromatic rings. The van der Waals surface area contributed by atoms with Gasteiger partial charge < -0.3 is 9.52 Å². The third-order valence-electron chi connectivity index (χ3n) is 1.96. The molecule has 4 nitrogen and oxygen atoms in total. The Bertz CT molecular complexity index is 473. The maximum Gasteiger partial charge on any atom is 0.373 e. The molecule has 0 saturated heterocycles. The second-order valence-corrected chi connectivity index (χ2v) is 3.88. The van der Waals surface area contributed by atoms with Gasteiger partial charge in [0.05, 0.1) is 10.6 Å². The Morgan fingerprint density at radius 2 is 2.47 bits per heavy atom. The number of aromatic nitrogens is 1. The van der Waals surface area contributed by atoms with Crippen LogP contribution < -0.4 is 0 Å². The van der Waals surface area contributed by atoms with Crippen LogP contribution >= 0.6 is 11.3 Å². The highest BCUT2D eigenvalue weighted by Gasteiger charge is 2.19. The lowest BCUT2D eigenvalue weighted by molar-refractivity contribution is 0.0662. The molecule has 1 N–H and O–H groups in total. The summed E-state index contributed by atoms with van der Waals surface area (Å²) in [5.74, 6) is -0.734. The minimum atomic E-state index is -1.07. The monoisotopic (exact) mass is 223 g/mol. The number of hydrogen-bond acceptors (Lipinski definition) is 4. The molecule has 0 amide bonds. The predicted octanol–water partition coefficient (Wildman–Crippen LogP) is 2.66. The van der Waals surface area contributed by atoms with Crippen LogP contribution in [0.1, 0.15) is 23.2 Å². The third-order valence-corrected chi connectivity index (χ3v) is 2.82. The van der Waals surface area contributed by atoms with Crippen molar-refractivity contribution in [3.05, 3.63) is 29.0 Å². The Labute approximate surface area is 90.2 Å². The van der Waals surface area contributed by atoms with E-state index in [1.807, 2.05) is 24.4 Å². The molecule has 15 heavy (non-hydrogen) atoms. The summed E-state index contributed by atoms with van der Waals surface area (Å²) in [5.41, 5.74) is 0.492. The van der Waals surface area contributed by atoms with Crippen molar-refractivity contribution in [2.45, 2.75) is 13.3 Å². The molecule has 0 atom stereocenters. The molecule has 5 heteroatoms. The van der Waals surface area contributed by atoms with Crippen molar-refractivity contribution in [2.75, 3.05) is 0 Å². The van der Waals surface area contributed by atoms with Gasteiger partial charge in [0.25, 0.3) is 0 Å². The van der Waals surface area contributed by atoms with Gasteiger partial charge in [-0.15, -0.1) is 11.3 Å². The molecule has 0 aromatic carbocycles. The molecule has 0 unspecified atom stereocenters. The topological polar surface area (TPSA) is 63.3 Å². The molecule has 0 bridgehead atoms. The highest BCUT2D eigenvalue weighted by atomic mass is 32.1. The Morgan fingerprint density at radius 3 is 2.93 bits per heavy atom. The molecule has 0 aliphatic rings. The van der Waals surface area contributed by atoms with Gasteiger partial charge in [-0.3, -0.25) is 0 Å². The first kappa shape index (κ1) is 9.92. The minimum absolute atomic E-state index is 0.0547. The number of thiophene rings is 1. The number of aryl methyl sites for hydroxylation is 1. The van der Waals surface area contributed by atoms with Crippen molar-refractivity contribution in [2.24, 2.45) is 0 Å². The molecule has 78 valence electrons. The van der Waals surface area contributed by atoms with E-state index in [9.17, 15) is 4.79 Å². The van der Waals surface area contributed by atoms with Crippen LogP contribution in [-0.2, 0) is 6.42 Å². The number of carboxylic acid groups (broad SMARTS) is 1. The Hall–Kier alpha value is -1.62. The fourth-order valence-electron chi connectivity index (χ4n) is 1.26. The Balaban J connectivity index is 2.48. The van der Waals surface area contributed by atoms with Crippen LogP contribution in [0.15, 0.2) is 21.9 Å². The Morgan fingerprint density at radius 1 is 1.67 bits per heavy atom. The number of aromatic carboxylic acids is 1. The van der Waals surface area contributed by atoms with Crippen molar-refractivity contribution < 1.29 is 14.3 Å². The minimum Gasteiger partial charge on any atom is -0.475 e. The first-order valence-corrected chi connectivity index (χ1v) is 5.37. The summed E-state index contributed by atoms with van der Waals surface area (Å²) in [6.07, 6.45) is 0.552. The SMILES string of the molecule is CCc1nc(-c2cccs2)oc1C(=O)O. The lowest BCUT2D eigenvalue weighted by atomic mass is 10.3. The van der Waals surface area contributed by atoms with Gasteiger partial charge in [-0.1, -0.05) is 13.0 Å². The highest BCUT2D eigenvalue weighted by Crippen LogP contribution is 2.26. The van der Waals surface area contributed by atoms with Crippen LogP contribution in [0.25, 0.3) is 10.8 Å². The molecule has 0 spiro atoms. The largest absolute Gasteiger partial charge is 0.475 e. The summed E-state index contributed by atoms with van der Waals surface area (Å²) < 4.78 is 5.21. The molecule has 0 radical (unpaired) electrons. The summed E-state index contributed by atoms with van der Waals surface area (Å²) >= 11 is 1.47. The van der Waals surface area contributed by atoms with Gasteiger partial charge in [0.1, 0.15) is 0 Å². The van der Waals surface area contributed by atoms with Crippen LogP contribution in [0, 0.1) is 0 Å². The second kappa shape index (κ2) is 3.86. The van der Waals surface area contributed by atoms with E-state index in [1.165, 1.54) is 11.3 Å². The van der Waals surface area contributed by atoms with Gasteiger partial charge in [-0.05, 0) is 17.9 Å². The standard InChI is InChI=1S/C10H9NO3S/c1-2-6-8(10(12)13)14-9(11-6)7-4-3-5-15-7/h3-5H,2H2,1H3,(H,12,13). The summed E-state index contributed by atoms with van der Waals surface area (Å²) in [6, 6.07) is 3.72. The van der Waals surface area contributed by atoms with Crippen LogP contribution in [0.5, 0.6) is 0 Å². The van der Waals surface area contributed by atoms with Crippen LogP contribution in [0.3, 0.4) is 0 Å². The number of hydrogen-bond donors (Lipinski definition) is 1. The van der Waals surface area contributed by atoms with Crippen LogP contribution in [0.4, 0.5) is 0 Å². The van der Waals surface area contributed by atoms with E-state index in [0.29, 0.717) is 18.0 Å². The fraction of sp³-hybridized carbons (Fsp3) is 0.200. The van der Waals surface area contributed by atoms with Gasteiger partial charge in [-0.25, -0.2) is 9.78 Å². The number of carboxylic acids is 1. The molecule has 2 aromatic heterocycles. The number of rotatable bonds is 3. The van der Waals surface area contributed by atoms with Crippen LogP contribution in [-0.4, -0.2) is 16.1 Å². The predicted molar refractivity (Wildman–Crippen MR) is 56.2 cm³/mol. The van der Waals surface area contributed by atoms with E-state index in [2.05, 4.69) is 4.98 Å². The van der Waals surface area contributed by atoms with Gasteiger partial charge in [0, 0.05) is 0 Å². The van der Waals surface area contributed by atoms with Crippen molar-refractivity contribution in [3.8, 4) is 10.8 Å². The molecule has 0 saturated carbocycles. The molecular weight excluding hydrogens is 214 g/mol. The van der Waals surface area contributed by atoms with Crippen LogP contribution in [0.2, 0.25) is 0 Å². The normalized spacial score (nSPS) is 10.5. The molecule has 2 rings (SSSR count). The zero-order valence-corrected chi connectivity index (χ0v) is 8.87. The summed E-state index contributed by atoms with van der Waals surface area (Å²) in [6.45, 7) is 1.85. The van der Waals surface area contributed by atoms with E-state index in [4.69, 9.17) is 9.52 Å². The van der Waals surface area contributed by atoms with Gasteiger partial charge in [-0.2, -0.15) is 0 Å². The molecule has 0 aliphatic heterocycles. The molecular formula is C10H9NO3S. The average molecular weight is 223 g/mol. The fourth-order valence-corrected chi connectivity index (χ4v) is 1.91. The lowest BCUT2D eigenvalue weighted by Crippen LogP contribution is -1.98. The number of oxazole rings is 1. The van der Waals surface area contributed by atoms with Crippen molar-refractivity contribution in [1.29, 1.82) is 0 Å². The quantitative estimate of drug-likeness (QED) is 0.868. The summed E-state index contributed by atoms with van der Waals surface area (Å²) in [5, 5.41) is 10.8. The van der Waals surface area contributed by atoms with E-state index in [1.54, 1.807) is 0 Å². The first-order valence-electron chi connectivity index (χ1n) is 4.49. The maximum atomic E-state index is 10.8. The zero-order chi connectivity index (χ0) is 10.8. The van der Waals surface area contributed by atoms with E-state index >= 15 is 0 Å².